The molecule has 0 radical (unpaired) electrons. The van der Waals surface area contributed by atoms with E-state index in [0.717, 1.165) is 5.56 Å². The molecule has 1 heterocycles. The van der Waals surface area contributed by atoms with Crippen molar-refractivity contribution in [2.45, 2.75) is 19.1 Å². The van der Waals surface area contributed by atoms with E-state index in [1.165, 1.54) is 5.06 Å². The van der Waals surface area contributed by atoms with Crippen LogP contribution in [-0.2, 0) is 21.0 Å². The van der Waals surface area contributed by atoms with E-state index in [2.05, 4.69) is 11.9 Å². The number of β-lactam (4-membered cyclic amide) rings is 1. The highest BCUT2D eigenvalue weighted by Gasteiger charge is 2.35. The molecule has 1 aliphatic rings. The second-order valence-electron chi connectivity index (χ2n) is 4.27. The van der Waals surface area contributed by atoms with Gasteiger partial charge in [-0.15, -0.1) is 6.58 Å². The van der Waals surface area contributed by atoms with E-state index in [4.69, 9.17) is 4.84 Å². The van der Waals surface area contributed by atoms with Gasteiger partial charge in [-0.2, -0.15) is 0 Å². The largest absolute Gasteiger partial charge is 0.344 e. The topological polar surface area (TPSA) is 58.6 Å². The van der Waals surface area contributed by atoms with Gasteiger partial charge in [0.15, 0.2) is 0 Å². The zero-order valence-electron chi connectivity index (χ0n) is 10.5. The first-order chi connectivity index (χ1) is 9.20. The highest BCUT2D eigenvalue weighted by molar-refractivity contribution is 5.96. The van der Waals surface area contributed by atoms with E-state index in [1.807, 2.05) is 30.3 Å². The van der Waals surface area contributed by atoms with Gasteiger partial charge in [0.2, 0.25) is 5.91 Å². The van der Waals surface area contributed by atoms with Crippen molar-refractivity contribution >= 4 is 11.8 Å². The van der Waals surface area contributed by atoms with Crippen LogP contribution in [0.15, 0.2) is 43.0 Å². The Kier molecular flexibility index (Phi) is 4.30. The van der Waals surface area contributed by atoms with Crippen LogP contribution in [0.4, 0.5) is 0 Å². The highest BCUT2D eigenvalue weighted by Crippen LogP contribution is 2.10. The van der Waals surface area contributed by atoms with Crippen LogP contribution >= 0.6 is 0 Å². The van der Waals surface area contributed by atoms with Gasteiger partial charge in [-0.05, 0) is 5.56 Å². The first-order valence-electron chi connectivity index (χ1n) is 6.09. The van der Waals surface area contributed by atoms with E-state index < -0.39 is 6.04 Å². The molecular formula is C14H16N2O3. The minimum Gasteiger partial charge on any atom is -0.344 e. The van der Waals surface area contributed by atoms with Crippen molar-refractivity contribution in [1.29, 1.82) is 0 Å². The summed E-state index contributed by atoms with van der Waals surface area (Å²) in [6.07, 6.45) is 1.81. The molecule has 19 heavy (non-hydrogen) atoms. The molecule has 1 saturated heterocycles. The number of carbonyl (C=O) groups excluding carboxylic acids is 2. The number of nitrogens with one attached hydrogen (secondary N) is 1. The van der Waals surface area contributed by atoms with Crippen molar-refractivity contribution in [1.82, 2.24) is 10.4 Å². The van der Waals surface area contributed by atoms with Crippen molar-refractivity contribution < 1.29 is 14.4 Å². The summed E-state index contributed by atoms with van der Waals surface area (Å²) in [5.74, 6) is -0.351. The minimum atomic E-state index is -0.469. The Labute approximate surface area is 111 Å². The lowest BCUT2D eigenvalue weighted by atomic mass is 10.1. The van der Waals surface area contributed by atoms with E-state index in [0.29, 0.717) is 6.61 Å². The zero-order chi connectivity index (χ0) is 13.7. The number of amides is 2. The molecule has 5 heteroatoms. The number of carbonyl (C=O) groups is 2. The van der Waals surface area contributed by atoms with Crippen LogP contribution < -0.4 is 5.32 Å². The smallest absolute Gasteiger partial charge is 0.269 e. The van der Waals surface area contributed by atoms with Gasteiger partial charge in [0.25, 0.3) is 5.91 Å². The van der Waals surface area contributed by atoms with Crippen LogP contribution in [0.1, 0.15) is 12.0 Å². The second kappa shape index (κ2) is 6.15. The summed E-state index contributed by atoms with van der Waals surface area (Å²) in [4.78, 5) is 28.3. The molecule has 0 aliphatic carbocycles. The average Bonchev–Trinajstić information content (AvgIpc) is 2.40. The van der Waals surface area contributed by atoms with Gasteiger partial charge in [-0.25, -0.2) is 5.06 Å². The summed E-state index contributed by atoms with van der Waals surface area (Å²) in [6, 6.07) is 9.10. The predicted octanol–water partition coefficient (Wildman–Crippen LogP) is 1.02. The third-order valence-corrected chi connectivity index (χ3v) is 2.79. The third kappa shape index (κ3) is 3.42. The number of hydroxylamine groups is 2. The molecular weight excluding hydrogens is 244 g/mol. The Hall–Kier alpha value is -2.14. The fourth-order valence-corrected chi connectivity index (χ4v) is 1.73. The zero-order valence-corrected chi connectivity index (χ0v) is 10.5. The maximum Gasteiger partial charge on any atom is 0.269 e. The number of rotatable bonds is 6. The average molecular weight is 260 g/mol. The fourth-order valence-electron chi connectivity index (χ4n) is 1.73. The monoisotopic (exact) mass is 260 g/mol. The van der Waals surface area contributed by atoms with Crippen LogP contribution in [0.3, 0.4) is 0 Å². The molecule has 2 rings (SSSR count). The van der Waals surface area contributed by atoms with Crippen molar-refractivity contribution in [2.75, 3.05) is 6.54 Å². The summed E-state index contributed by atoms with van der Waals surface area (Å²) in [5, 5.41) is 3.78. The van der Waals surface area contributed by atoms with Crippen molar-refractivity contribution in [3.8, 4) is 0 Å². The fraction of sp³-hybridized carbons (Fsp3) is 0.286. The summed E-state index contributed by atoms with van der Waals surface area (Å²) < 4.78 is 0. The van der Waals surface area contributed by atoms with Crippen LogP contribution in [-0.4, -0.2) is 29.5 Å². The summed E-state index contributed by atoms with van der Waals surface area (Å²) in [5.41, 5.74) is 0.974. The quantitative estimate of drug-likeness (QED) is 0.472. The Morgan fingerprint density at radius 1 is 1.47 bits per heavy atom. The maximum absolute atomic E-state index is 12.0. The molecule has 2 amide bonds. The van der Waals surface area contributed by atoms with Crippen molar-refractivity contribution in [3.63, 3.8) is 0 Å². The number of benzene rings is 1. The van der Waals surface area contributed by atoms with E-state index in [-0.39, 0.29) is 24.8 Å². The molecule has 0 aromatic heterocycles. The van der Waals surface area contributed by atoms with E-state index in [9.17, 15) is 9.59 Å². The van der Waals surface area contributed by atoms with Gasteiger partial charge >= 0.3 is 0 Å². The Bertz CT molecular complexity index is 465. The molecule has 0 saturated carbocycles. The first kappa shape index (κ1) is 13.3. The Morgan fingerprint density at radius 2 is 2.16 bits per heavy atom. The normalized spacial score (nSPS) is 17.3. The van der Waals surface area contributed by atoms with E-state index in [1.54, 1.807) is 6.08 Å². The lowest BCUT2D eigenvalue weighted by Gasteiger charge is -2.30. The summed E-state index contributed by atoms with van der Waals surface area (Å²) >= 11 is 0. The van der Waals surface area contributed by atoms with Crippen LogP contribution in [0.5, 0.6) is 0 Å². The summed E-state index contributed by atoms with van der Waals surface area (Å²) in [6.45, 7) is 4.19. The molecule has 1 fully saturated rings. The van der Waals surface area contributed by atoms with Gasteiger partial charge < -0.3 is 5.32 Å². The van der Waals surface area contributed by atoms with Crippen LogP contribution in [0.25, 0.3) is 0 Å². The van der Waals surface area contributed by atoms with Gasteiger partial charge in [-0.3, -0.25) is 14.4 Å². The molecule has 0 unspecified atom stereocenters. The molecule has 1 aromatic carbocycles. The Morgan fingerprint density at radius 3 is 2.74 bits per heavy atom. The third-order valence-electron chi connectivity index (χ3n) is 2.79. The van der Waals surface area contributed by atoms with Gasteiger partial charge in [-0.1, -0.05) is 36.4 Å². The molecule has 0 spiro atoms. The molecule has 1 aromatic rings. The van der Waals surface area contributed by atoms with Gasteiger partial charge in [0.1, 0.15) is 12.6 Å². The minimum absolute atomic E-state index is 0.111. The number of hydrogen-bond acceptors (Lipinski definition) is 3. The van der Waals surface area contributed by atoms with Gasteiger partial charge in [0, 0.05) is 0 Å². The highest BCUT2D eigenvalue weighted by atomic mass is 16.7. The molecule has 1 N–H and O–H groups in total. The lowest BCUT2D eigenvalue weighted by molar-refractivity contribution is -0.192. The van der Waals surface area contributed by atoms with Crippen LogP contribution in [0, 0.1) is 0 Å². The standard InChI is InChI=1S/C14H16N2O3/c1-2-8-16(14(18)12-9-13(17)15-12)19-10-11-6-4-3-5-7-11/h2-7,12H,1,8-10H2,(H,15,17)/t12-/m0/s1. The van der Waals surface area contributed by atoms with Crippen molar-refractivity contribution in [2.24, 2.45) is 0 Å². The summed E-state index contributed by atoms with van der Waals surface area (Å²) in [7, 11) is 0. The van der Waals surface area contributed by atoms with Gasteiger partial charge in [0.05, 0.1) is 13.0 Å². The lowest BCUT2D eigenvalue weighted by Crippen LogP contribution is -2.57. The predicted molar refractivity (Wildman–Crippen MR) is 69.7 cm³/mol. The Balaban J connectivity index is 1.90. The first-order valence-corrected chi connectivity index (χ1v) is 6.09. The molecule has 1 aliphatic heterocycles. The molecule has 5 nitrogen and oxygen atoms in total. The SMILES string of the molecule is C=CCN(OCc1ccccc1)C(=O)[C@@H]1CC(=O)N1. The molecule has 100 valence electrons. The number of nitrogens with zero attached hydrogens (tertiary/aromatic N) is 1. The van der Waals surface area contributed by atoms with E-state index >= 15 is 0 Å². The van der Waals surface area contributed by atoms with Crippen LogP contribution in [0.2, 0.25) is 0 Å². The second-order valence-corrected chi connectivity index (χ2v) is 4.27. The maximum atomic E-state index is 12.0. The molecule has 1 atom stereocenters. The molecule has 0 bridgehead atoms. The van der Waals surface area contributed by atoms with Crippen molar-refractivity contribution in [3.05, 3.63) is 48.6 Å². The number of hydrogen-bond donors (Lipinski definition) is 1.